The van der Waals surface area contributed by atoms with Gasteiger partial charge in [-0.1, -0.05) is 13.0 Å². The van der Waals surface area contributed by atoms with Crippen LogP contribution in [0.3, 0.4) is 0 Å². The first-order valence-corrected chi connectivity index (χ1v) is 9.11. The van der Waals surface area contributed by atoms with Gasteiger partial charge in [-0.15, -0.1) is 0 Å². The van der Waals surface area contributed by atoms with Gasteiger partial charge in [-0.3, -0.25) is 10.00 Å². The molecule has 3 aromatic heterocycles. The molecule has 1 atom stereocenters. The van der Waals surface area contributed by atoms with Crippen molar-refractivity contribution >= 4 is 17.6 Å². The zero-order valence-corrected chi connectivity index (χ0v) is 15.4. The molecule has 0 unspecified atom stereocenters. The molecule has 1 aromatic carbocycles. The lowest BCUT2D eigenvalue weighted by atomic mass is 10.1. The minimum atomic E-state index is -0.441. The van der Waals surface area contributed by atoms with Crippen molar-refractivity contribution in [1.82, 2.24) is 29.8 Å². The van der Waals surface area contributed by atoms with Crippen LogP contribution in [0.25, 0.3) is 28.2 Å². The van der Waals surface area contributed by atoms with Gasteiger partial charge in [0.1, 0.15) is 24.6 Å². The summed E-state index contributed by atoms with van der Waals surface area (Å²) < 4.78 is 21.4. The van der Waals surface area contributed by atoms with E-state index in [0.29, 0.717) is 40.6 Å². The molecule has 5 rings (SSSR count). The molecule has 29 heavy (non-hydrogen) atoms. The molecule has 10 heteroatoms. The second-order valence-corrected chi connectivity index (χ2v) is 6.65. The Balaban J connectivity index is 1.58. The number of nitrogens with zero attached hydrogens (tertiary/aromatic N) is 6. The van der Waals surface area contributed by atoms with Gasteiger partial charge in [0.2, 0.25) is 0 Å². The summed E-state index contributed by atoms with van der Waals surface area (Å²) in [5, 5.41) is 10.7. The summed E-state index contributed by atoms with van der Waals surface area (Å²) in [6.07, 6.45) is 5.00. The van der Waals surface area contributed by atoms with E-state index < -0.39 is 11.9 Å². The van der Waals surface area contributed by atoms with Gasteiger partial charge in [0.25, 0.3) is 0 Å². The fraction of sp³-hybridized carbons (Fsp3) is 0.211. The minimum Gasteiger partial charge on any atom is -0.447 e. The van der Waals surface area contributed by atoms with E-state index >= 15 is 0 Å². The summed E-state index contributed by atoms with van der Waals surface area (Å²) >= 11 is 0. The Kier molecular flexibility index (Phi) is 3.97. The summed E-state index contributed by atoms with van der Waals surface area (Å²) in [6.45, 7) is 2.32. The molecule has 0 aliphatic carbocycles. The number of hydrogen-bond donors (Lipinski definition) is 1. The third-order valence-electron chi connectivity index (χ3n) is 4.98. The first kappa shape index (κ1) is 17.3. The Bertz CT molecular complexity index is 1200. The normalized spacial score (nSPS) is 16.6. The lowest BCUT2D eigenvalue weighted by Gasteiger charge is -2.19. The third-order valence-corrected chi connectivity index (χ3v) is 4.98. The van der Waals surface area contributed by atoms with Crippen LogP contribution < -0.4 is 4.90 Å². The van der Waals surface area contributed by atoms with E-state index in [4.69, 9.17) is 4.74 Å². The molecule has 1 fully saturated rings. The van der Waals surface area contributed by atoms with E-state index in [0.717, 1.165) is 6.42 Å². The standard InChI is InChI=1S/C19H16FN7O2/c1-2-12-9-29-19(28)27(12)16-5-6-26-18(24-16)14(8-23-26)11-3-4-13(15(20)7-11)17-21-10-22-25-17/h3-8,10,12H,2,9H2,1H3,(H,21,22,25)/t12-/m0/s1. The highest BCUT2D eigenvalue weighted by Gasteiger charge is 2.34. The van der Waals surface area contributed by atoms with E-state index in [1.807, 2.05) is 6.92 Å². The highest BCUT2D eigenvalue weighted by atomic mass is 19.1. The number of rotatable bonds is 4. The Morgan fingerprint density at radius 1 is 1.31 bits per heavy atom. The highest BCUT2D eigenvalue weighted by Crippen LogP contribution is 2.30. The fourth-order valence-electron chi connectivity index (χ4n) is 3.45. The molecule has 4 heterocycles. The van der Waals surface area contributed by atoms with Crippen LogP contribution >= 0.6 is 0 Å². The van der Waals surface area contributed by atoms with Gasteiger partial charge < -0.3 is 4.74 Å². The molecule has 1 aliphatic rings. The van der Waals surface area contributed by atoms with Gasteiger partial charge >= 0.3 is 6.09 Å². The topological polar surface area (TPSA) is 101 Å². The zero-order valence-electron chi connectivity index (χ0n) is 15.4. The number of nitrogens with one attached hydrogen (secondary N) is 1. The number of hydrogen-bond acceptors (Lipinski definition) is 6. The molecule has 1 saturated heterocycles. The number of halogens is 1. The lowest BCUT2D eigenvalue weighted by molar-refractivity contribution is 0.178. The quantitative estimate of drug-likeness (QED) is 0.572. The molecule has 9 nitrogen and oxygen atoms in total. The first-order valence-electron chi connectivity index (χ1n) is 9.11. The number of carbonyl (C=O) groups is 1. The maximum absolute atomic E-state index is 14.7. The number of H-pyrrole nitrogens is 1. The van der Waals surface area contributed by atoms with E-state index in [1.54, 1.807) is 40.0 Å². The van der Waals surface area contributed by atoms with Crippen LogP contribution in [0.2, 0.25) is 0 Å². The van der Waals surface area contributed by atoms with Gasteiger partial charge in [0.15, 0.2) is 11.5 Å². The van der Waals surface area contributed by atoms with Gasteiger partial charge in [0.05, 0.1) is 17.8 Å². The molecule has 1 amide bonds. The Labute approximate surface area is 164 Å². The summed E-state index contributed by atoms with van der Waals surface area (Å²) in [7, 11) is 0. The predicted molar refractivity (Wildman–Crippen MR) is 102 cm³/mol. The summed E-state index contributed by atoms with van der Waals surface area (Å²) in [6, 6.07) is 6.45. The van der Waals surface area contributed by atoms with Crippen molar-refractivity contribution in [2.24, 2.45) is 0 Å². The number of cyclic esters (lactones) is 1. The van der Waals surface area contributed by atoms with E-state index in [2.05, 4.69) is 25.3 Å². The van der Waals surface area contributed by atoms with Crippen LogP contribution in [0, 0.1) is 5.82 Å². The second-order valence-electron chi connectivity index (χ2n) is 6.65. The van der Waals surface area contributed by atoms with Gasteiger partial charge in [-0.2, -0.15) is 10.2 Å². The van der Waals surface area contributed by atoms with E-state index in [1.165, 1.54) is 12.4 Å². The molecule has 0 saturated carbocycles. The number of anilines is 1. The maximum Gasteiger partial charge on any atom is 0.415 e. The molecular weight excluding hydrogens is 377 g/mol. The maximum atomic E-state index is 14.7. The monoisotopic (exact) mass is 393 g/mol. The lowest BCUT2D eigenvalue weighted by Crippen LogP contribution is -2.33. The van der Waals surface area contributed by atoms with Gasteiger partial charge in [-0.25, -0.2) is 23.7 Å². The highest BCUT2D eigenvalue weighted by molar-refractivity contribution is 5.90. The number of aromatic nitrogens is 6. The number of fused-ring (bicyclic) bond motifs is 1. The molecule has 0 radical (unpaired) electrons. The first-order chi connectivity index (χ1) is 14.2. The second kappa shape index (κ2) is 6.66. The summed E-state index contributed by atoms with van der Waals surface area (Å²) in [4.78, 5) is 22.3. The average molecular weight is 393 g/mol. The average Bonchev–Trinajstić information content (AvgIpc) is 3.47. The number of ether oxygens (including phenoxy) is 1. The van der Waals surface area contributed by atoms with Crippen LogP contribution in [-0.2, 0) is 4.74 Å². The summed E-state index contributed by atoms with van der Waals surface area (Å²) in [5.74, 6) is 0.392. The smallest absolute Gasteiger partial charge is 0.415 e. The molecular formula is C19H16FN7O2. The van der Waals surface area contributed by atoms with Crippen LogP contribution in [0.1, 0.15) is 13.3 Å². The molecule has 1 aliphatic heterocycles. The van der Waals surface area contributed by atoms with Crippen LogP contribution in [-0.4, -0.2) is 48.5 Å². The van der Waals surface area contributed by atoms with Crippen LogP contribution in [0.5, 0.6) is 0 Å². The van der Waals surface area contributed by atoms with Crippen molar-refractivity contribution in [3.63, 3.8) is 0 Å². The van der Waals surface area contributed by atoms with E-state index in [9.17, 15) is 9.18 Å². The number of aromatic amines is 1. The number of benzene rings is 1. The van der Waals surface area contributed by atoms with Crippen molar-refractivity contribution in [1.29, 1.82) is 0 Å². The number of amides is 1. The molecule has 0 spiro atoms. The van der Waals surface area contributed by atoms with Crippen molar-refractivity contribution in [3.8, 4) is 22.5 Å². The Hall–Kier alpha value is -3.82. The van der Waals surface area contributed by atoms with Crippen molar-refractivity contribution in [3.05, 3.63) is 48.8 Å². The summed E-state index contributed by atoms with van der Waals surface area (Å²) in [5.41, 5.74) is 2.10. The number of carbonyl (C=O) groups excluding carboxylic acids is 1. The fourth-order valence-corrected chi connectivity index (χ4v) is 3.45. The zero-order chi connectivity index (χ0) is 20.0. The predicted octanol–water partition coefficient (Wildman–Crippen LogP) is 3.06. The van der Waals surface area contributed by atoms with Crippen LogP contribution in [0.15, 0.2) is 43.0 Å². The largest absolute Gasteiger partial charge is 0.447 e. The molecule has 1 N–H and O–H groups in total. The molecule has 4 aromatic rings. The van der Waals surface area contributed by atoms with Crippen molar-refractivity contribution < 1.29 is 13.9 Å². The molecule has 146 valence electrons. The van der Waals surface area contributed by atoms with Gasteiger partial charge in [0, 0.05) is 11.8 Å². The Morgan fingerprint density at radius 3 is 2.97 bits per heavy atom. The van der Waals surface area contributed by atoms with Gasteiger partial charge in [-0.05, 0) is 30.2 Å². The van der Waals surface area contributed by atoms with E-state index in [-0.39, 0.29) is 6.04 Å². The van der Waals surface area contributed by atoms with Crippen LogP contribution in [0.4, 0.5) is 15.0 Å². The Morgan fingerprint density at radius 2 is 2.21 bits per heavy atom. The van der Waals surface area contributed by atoms with Crippen molar-refractivity contribution in [2.75, 3.05) is 11.5 Å². The SMILES string of the molecule is CC[C@H]1COC(=O)N1c1ccn2ncc(-c3ccc(-c4ncn[nH]4)c(F)c3)c2n1. The third kappa shape index (κ3) is 2.80. The molecule has 0 bridgehead atoms. The van der Waals surface area contributed by atoms with Crippen molar-refractivity contribution in [2.45, 2.75) is 19.4 Å². The minimum absolute atomic E-state index is 0.0672.